The van der Waals surface area contributed by atoms with Gasteiger partial charge in [0.15, 0.2) is 5.82 Å². The Morgan fingerprint density at radius 2 is 1.79 bits per heavy atom. The molecule has 3 rings (SSSR count). The molecule has 0 aliphatic rings. The molecule has 0 saturated carbocycles. The van der Waals surface area contributed by atoms with Crippen molar-refractivity contribution >= 4 is 21.6 Å². The third-order valence-electron chi connectivity index (χ3n) is 3.20. The number of hydrogen-bond acceptors (Lipinski definition) is 5. The number of methoxy groups -OCH3 is 1. The first kappa shape index (κ1) is 16.4. The van der Waals surface area contributed by atoms with E-state index in [1.54, 1.807) is 6.07 Å². The second-order valence-electron chi connectivity index (χ2n) is 4.70. The minimum atomic E-state index is -4.10. The van der Waals surface area contributed by atoms with Gasteiger partial charge in [-0.1, -0.05) is 28.8 Å². The normalized spacial score (nSPS) is 11.5. The Morgan fingerprint density at radius 1 is 1.12 bits per heavy atom. The molecule has 0 aliphatic carbocycles. The maximum absolute atomic E-state index is 14.1. The summed E-state index contributed by atoms with van der Waals surface area (Å²) in [6.07, 6.45) is 0. The second kappa shape index (κ2) is 6.21. The van der Waals surface area contributed by atoms with Crippen molar-refractivity contribution in [1.29, 1.82) is 0 Å². The SMILES string of the molecule is COc1nc(-c2ccccc2F)n(S(=O)(=O)c2ccc(Cl)cc2)n1. The van der Waals surface area contributed by atoms with Crippen molar-refractivity contribution in [2.45, 2.75) is 4.90 Å². The number of nitrogens with zero attached hydrogens (tertiary/aromatic N) is 3. The van der Waals surface area contributed by atoms with Crippen molar-refractivity contribution in [3.05, 3.63) is 59.4 Å². The molecule has 0 amide bonds. The van der Waals surface area contributed by atoms with Crippen LogP contribution in [0.1, 0.15) is 0 Å². The van der Waals surface area contributed by atoms with E-state index in [1.165, 1.54) is 49.6 Å². The fourth-order valence-corrected chi connectivity index (χ4v) is 3.40. The highest BCUT2D eigenvalue weighted by Gasteiger charge is 2.26. The molecule has 0 spiro atoms. The Labute approximate surface area is 142 Å². The van der Waals surface area contributed by atoms with Gasteiger partial charge < -0.3 is 4.74 Å². The second-order valence-corrected chi connectivity index (χ2v) is 6.91. The van der Waals surface area contributed by atoms with E-state index in [1.807, 2.05) is 0 Å². The van der Waals surface area contributed by atoms with E-state index >= 15 is 0 Å². The van der Waals surface area contributed by atoms with Crippen LogP contribution in [0.4, 0.5) is 4.39 Å². The lowest BCUT2D eigenvalue weighted by atomic mass is 10.2. The summed E-state index contributed by atoms with van der Waals surface area (Å²) < 4.78 is 45.3. The maximum Gasteiger partial charge on any atom is 0.336 e. The summed E-state index contributed by atoms with van der Waals surface area (Å²) >= 11 is 5.78. The third-order valence-corrected chi connectivity index (χ3v) is 5.03. The van der Waals surface area contributed by atoms with Gasteiger partial charge >= 0.3 is 6.01 Å². The smallest absolute Gasteiger partial charge is 0.336 e. The van der Waals surface area contributed by atoms with E-state index in [4.69, 9.17) is 16.3 Å². The summed E-state index contributed by atoms with van der Waals surface area (Å²) in [6, 6.07) is 11.0. The number of halogens is 2. The van der Waals surface area contributed by atoms with Gasteiger partial charge in [-0.2, -0.15) is 13.4 Å². The number of rotatable bonds is 4. The molecular formula is C15H11ClFN3O3S. The highest BCUT2D eigenvalue weighted by atomic mass is 35.5. The molecule has 24 heavy (non-hydrogen) atoms. The van der Waals surface area contributed by atoms with Crippen LogP contribution in [0.15, 0.2) is 53.4 Å². The van der Waals surface area contributed by atoms with E-state index in [0.717, 1.165) is 0 Å². The van der Waals surface area contributed by atoms with Crippen LogP contribution in [0, 0.1) is 5.82 Å². The monoisotopic (exact) mass is 367 g/mol. The van der Waals surface area contributed by atoms with E-state index in [-0.39, 0.29) is 22.3 Å². The Morgan fingerprint density at radius 3 is 2.42 bits per heavy atom. The predicted molar refractivity (Wildman–Crippen MR) is 86.0 cm³/mol. The van der Waals surface area contributed by atoms with Gasteiger partial charge in [0.25, 0.3) is 10.0 Å². The van der Waals surface area contributed by atoms with Gasteiger partial charge in [0.1, 0.15) is 5.82 Å². The summed E-state index contributed by atoms with van der Waals surface area (Å²) in [5.74, 6) is -0.806. The summed E-state index contributed by atoms with van der Waals surface area (Å²) in [5.41, 5.74) is -0.00848. The lowest BCUT2D eigenvalue weighted by Crippen LogP contribution is -2.16. The highest BCUT2D eigenvalue weighted by molar-refractivity contribution is 7.90. The van der Waals surface area contributed by atoms with Crippen molar-refractivity contribution in [1.82, 2.24) is 14.2 Å². The molecule has 2 aromatic carbocycles. The standard InChI is InChI=1S/C15H11ClFN3O3S/c1-23-15-18-14(12-4-2-3-5-13(12)17)20(19-15)24(21,22)11-8-6-10(16)7-9-11/h2-9H,1H3. The van der Waals surface area contributed by atoms with Crippen LogP contribution in [0.25, 0.3) is 11.4 Å². The Hall–Kier alpha value is -2.45. The lowest BCUT2D eigenvalue weighted by Gasteiger charge is -2.08. The summed E-state index contributed by atoms with van der Waals surface area (Å²) in [7, 11) is -2.81. The van der Waals surface area contributed by atoms with Gasteiger partial charge in [-0.15, -0.1) is 4.09 Å². The van der Waals surface area contributed by atoms with Crippen LogP contribution in [0.2, 0.25) is 5.02 Å². The molecule has 0 unspecified atom stereocenters. The van der Waals surface area contributed by atoms with Crippen molar-refractivity contribution < 1.29 is 17.5 Å². The van der Waals surface area contributed by atoms with E-state index in [0.29, 0.717) is 9.11 Å². The van der Waals surface area contributed by atoms with Crippen molar-refractivity contribution in [3.63, 3.8) is 0 Å². The third kappa shape index (κ3) is 2.85. The summed E-state index contributed by atoms with van der Waals surface area (Å²) in [4.78, 5) is 3.90. The number of aromatic nitrogens is 3. The van der Waals surface area contributed by atoms with E-state index in [9.17, 15) is 12.8 Å². The zero-order valence-corrected chi connectivity index (χ0v) is 13.9. The van der Waals surface area contributed by atoms with Gasteiger partial charge in [-0.25, -0.2) is 4.39 Å². The fourth-order valence-electron chi connectivity index (χ4n) is 2.05. The molecule has 6 nitrogen and oxygen atoms in total. The molecule has 0 radical (unpaired) electrons. The van der Waals surface area contributed by atoms with Gasteiger partial charge in [0, 0.05) is 5.02 Å². The first-order chi connectivity index (χ1) is 11.4. The predicted octanol–water partition coefficient (Wildman–Crippen LogP) is 2.98. The zero-order valence-electron chi connectivity index (χ0n) is 12.3. The Balaban J connectivity index is 2.23. The average Bonchev–Trinajstić information content (AvgIpc) is 3.01. The molecule has 3 aromatic rings. The van der Waals surface area contributed by atoms with E-state index < -0.39 is 15.8 Å². The van der Waals surface area contributed by atoms with Crippen LogP contribution in [-0.2, 0) is 10.0 Å². The molecule has 124 valence electrons. The van der Waals surface area contributed by atoms with Crippen molar-refractivity contribution in [3.8, 4) is 17.4 Å². The van der Waals surface area contributed by atoms with Crippen LogP contribution in [0.3, 0.4) is 0 Å². The summed E-state index contributed by atoms with van der Waals surface area (Å²) in [6.45, 7) is 0. The Kier molecular flexibility index (Phi) is 4.25. The van der Waals surface area contributed by atoms with Crippen LogP contribution < -0.4 is 4.74 Å². The topological polar surface area (TPSA) is 74.1 Å². The van der Waals surface area contributed by atoms with Gasteiger partial charge in [0.2, 0.25) is 0 Å². The largest absolute Gasteiger partial charge is 0.466 e. The molecule has 0 bridgehead atoms. The first-order valence-corrected chi connectivity index (χ1v) is 8.52. The fraction of sp³-hybridized carbons (Fsp3) is 0.0667. The van der Waals surface area contributed by atoms with Crippen molar-refractivity contribution in [2.75, 3.05) is 7.11 Å². The van der Waals surface area contributed by atoms with E-state index in [2.05, 4.69) is 10.1 Å². The number of hydrogen-bond donors (Lipinski definition) is 0. The minimum absolute atomic E-state index is 0.00848. The quantitative estimate of drug-likeness (QED) is 0.708. The molecule has 0 atom stereocenters. The molecular weight excluding hydrogens is 357 g/mol. The molecule has 1 aromatic heterocycles. The lowest BCUT2D eigenvalue weighted by molar-refractivity contribution is 0.380. The molecule has 0 aliphatic heterocycles. The van der Waals surface area contributed by atoms with Crippen molar-refractivity contribution in [2.24, 2.45) is 0 Å². The van der Waals surface area contributed by atoms with Gasteiger partial charge in [-0.3, -0.25) is 0 Å². The van der Waals surface area contributed by atoms with Crippen LogP contribution >= 0.6 is 11.6 Å². The Bertz CT molecular complexity index is 987. The molecule has 9 heteroatoms. The zero-order chi connectivity index (χ0) is 17.3. The van der Waals surface area contributed by atoms with Gasteiger partial charge in [-0.05, 0) is 36.4 Å². The average molecular weight is 368 g/mol. The highest BCUT2D eigenvalue weighted by Crippen LogP contribution is 2.27. The molecule has 0 N–H and O–H groups in total. The number of benzene rings is 2. The molecule has 1 heterocycles. The van der Waals surface area contributed by atoms with Crippen LogP contribution in [-0.4, -0.2) is 29.7 Å². The summed E-state index contributed by atoms with van der Waals surface area (Å²) in [5, 5.41) is 4.20. The van der Waals surface area contributed by atoms with Gasteiger partial charge in [0.05, 0.1) is 17.6 Å². The maximum atomic E-state index is 14.1. The van der Waals surface area contributed by atoms with Crippen LogP contribution in [0.5, 0.6) is 6.01 Å². The first-order valence-electron chi connectivity index (χ1n) is 6.70. The molecule has 0 fully saturated rings. The molecule has 0 saturated heterocycles. The number of ether oxygens (including phenoxy) is 1. The minimum Gasteiger partial charge on any atom is -0.466 e.